The molecule has 0 saturated heterocycles. The van der Waals surface area contributed by atoms with Crippen LogP contribution in [0, 0.1) is 17.7 Å². The lowest BCUT2D eigenvalue weighted by atomic mass is 9.83. The molecule has 0 spiro atoms. The van der Waals surface area contributed by atoms with E-state index in [1.54, 1.807) is 0 Å². The third-order valence-corrected chi connectivity index (χ3v) is 5.69. The summed E-state index contributed by atoms with van der Waals surface area (Å²) in [6, 6.07) is 3.40. The summed E-state index contributed by atoms with van der Waals surface area (Å²) in [4.78, 5) is -0.172. The smallest absolute Gasteiger partial charge is 0.241 e. The predicted octanol–water partition coefficient (Wildman–Crippen LogP) is 2.42. The van der Waals surface area contributed by atoms with Gasteiger partial charge in [-0.3, -0.25) is 0 Å². The first-order chi connectivity index (χ1) is 9.92. The van der Waals surface area contributed by atoms with Gasteiger partial charge in [0.2, 0.25) is 10.0 Å². The van der Waals surface area contributed by atoms with Crippen molar-refractivity contribution >= 4 is 10.0 Å². The van der Waals surface area contributed by atoms with Crippen LogP contribution in [-0.2, 0) is 16.6 Å². The molecular weight excluding hydrogens is 293 g/mol. The molecule has 0 heterocycles. The van der Waals surface area contributed by atoms with E-state index in [0.29, 0.717) is 18.4 Å². The molecule has 0 amide bonds. The van der Waals surface area contributed by atoms with E-state index < -0.39 is 22.4 Å². The molecule has 1 aromatic carbocycles. The Morgan fingerprint density at radius 2 is 1.95 bits per heavy atom. The van der Waals surface area contributed by atoms with Crippen molar-refractivity contribution in [2.75, 3.05) is 6.54 Å². The lowest BCUT2D eigenvalue weighted by molar-refractivity contribution is 0.278. The molecule has 4 nitrogen and oxygen atoms in total. The van der Waals surface area contributed by atoms with E-state index in [9.17, 15) is 17.9 Å². The van der Waals surface area contributed by atoms with Gasteiger partial charge >= 0.3 is 0 Å². The molecule has 1 aliphatic rings. The zero-order valence-electron chi connectivity index (χ0n) is 12.2. The Balaban J connectivity index is 2.06. The SMILES string of the molecule is CC1CCC(CNS(=O)(=O)c2cc(F)ccc2CO)CC1. The number of hydrogen-bond acceptors (Lipinski definition) is 3. The first-order valence-electron chi connectivity index (χ1n) is 7.31. The maximum absolute atomic E-state index is 13.3. The summed E-state index contributed by atoms with van der Waals surface area (Å²) < 4.78 is 40.4. The van der Waals surface area contributed by atoms with Crippen LogP contribution in [0.3, 0.4) is 0 Å². The average molecular weight is 315 g/mol. The summed E-state index contributed by atoms with van der Waals surface area (Å²) in [7, 11) is -3.79. The normalized spacial score (nSPS) is 23.2. The second-order valence-corrected chi connectivity index (χ2v) is 7.62. The van der Waals surface area contributed by atoms with Crippen LogP contribution in [0.15, 0.2) is 23.1 Å². The second kappa shape index (κ2) is 6.85. The van der Waals surface area contributed by atoms with Crippen LogP contribution in [0.4, 0.5) is 4.39 Å². The zero-order valence-corrected chi connectivity index (χ0v) is 13.0. The average Bonchev–Trinajstić information content (AvgIpc) is 2.47. The van der Waals surface area contributed by atoms with Gasteiger partial charge < -0.3 is 5.11 Å². The lowest BCUT2D eigenvalue weighted by Crippen LogP contribution is -2.31. The van der Waals surface area contributed by atoms with Crippen molar-refractivity contribution in [3.05, 3.63) is 29.6 Å². The number of aliphatic hydroxyl groups is 1. The van der Waals surface area contributed by atoms with Crippen LogP contribution in [0.1, 0.15) is 38.2 Å². The van der Waals surface area contributed by atoms with Gasteiger partial charge in [0.1, 0.15) is 5.82 Å². The Morgan fingerprint density at radius 1 is 1.29 bits per heavy atom. The Kier molecular flexibility index (Phi) is 5.35. The molecule has 2 N–H and O–H groups in total. The third-order valence-electron chi connectivity index (χ3n) is 4.19. The molecule has 1 aliphatic carbocycles. The Morgan fingerprint density at radius 3 is 2.57 bits per heavy atom. The van der Waals surface area contributed by atoms with Gasteiger partial charge in [-0.1, -0.05) is 25.8 Å². The van der Waals surface area contributed by atoms with Gasteiger partial charge in [-0.25, -0.2) is 17.5 Å². The number of halogens is 1. The van der Waals surface area contributed by atoms with E-state index in [0.717, 1.165) is 37.8 Å². The summed E-state index contributed by atoms with van der Waals surface area (Å²) in [5.74, 6) is 0.420. The molecule has 1 aromatic rings. The number of benzene rings is 1. The fourth-order valence-electron chi connectivity index (χ4n) is 2.75. The van der Waals surface area contributed by atoms with Gasteiger partial charge in [0.05, 0.1) is 11.5 Å². The second-order valence-electron chi connectivity index (χ2n) is 5.89. The van der Waals surface area contributed by atoms with Crippen LogP contribution in [0.2, 0.25) is 0 Å². The molecular formula is C15H22FNO3S. The summed E-state index contributed by atoms with van der Waals surface area (Å²) >= 11 is 0. The molecule has 0 atom stereocenters. The largest absolute Gasteiger partial charge is 0.392 e. The molecule has 0 radical (unpaired) electrons. The van der Waals surface area contributed by atoms with Gasteiger partial charge in [0.25, 0.3) is 0 Å². The van der Waals surface area contributed by atoms with Gasteiger partial charge in [0.15, 0.2) is 0 Å². The molecule has 21 heavy (non-hydrogen) atoms. The van der Waals surface area contributed by atoms with E-state index in [2.05, 4.69) is 11.6 Å². The van der Waals surface area contributed by atoms with Gasteiger partial charge in [-0.15, -0.1) is 0 Å². The first kappa shape index (κ1) is 16.4. The minimum absolute atomic E-state index is 0.172. The van der Waals surface area contributed by atoms with Crippen molar-refractivity contribution in [1.29, 1.82) is 0 Å². The lowest BCUT2D eigenvalue weighted by Gasteiger charge is -2.26. The van der Waals surface area contributed by atoms with Crippen molar-refractivity contribution in [2.45, 2.75) is 44.1 Å². The third kappa shape index (κ3) is 4.25. The number of sulfonamides is 1. The van der Waals surface area contributed by atoms with Crippen molar-refractivity contribution in [1.82, 2.24) is 4.72 Å². The Labute approximate surface area is 125 Å². The molecule has 0 unspecified atom stereocenters. The minimum Gasteiger partial charge on any atom is -0.392 e. The molecule has 6 heteroatoms. The highest BCUT2D eigenvalue weighted by molar-refractivity contribution is 7.89. The summed E-state index contributed by atoms with van der Waals surface area (Å²) in [6.45, 7) is 2.15. The molecule has 118 valence electrons. The monoisotopic (exact) mass is 315 g/mol. The van der Waals surface area contributed by atoms with Crippen molar-refractivity contribution in [3.8, 4) is 0 Å². The van der Waals surface area contributed by atoms with E-state index in [1.165, 1.54) is 6.07 Å². The number of hydrogen-bond donors (Lipinski definition) is 2. The van der Waals surface area contributed by atoms with Gasteiger partial charge in [-0.2, -0.15) is 0 Å². The number of rotatable bonds is 5. The zero-order chi connectivity index (χ0) is 15.5. The standard InChI is InChI=1S/C15H22FNO3S/c1-11-2-4-12(5-3-11)9-17-21(19,20)15-8-14(16)7-6-13(15)10-18/h6-8,11-12,17-18H,2-5,9-10H2,1H3. The Hall–Kier alpha value is -0.980. The first-order valence-corrected chi connectivity index (χ1v) is 8.79. The summed E-state index contributed by atoms with van der Waals surface area (Å²) in [5.41, 5.74) is 0.209. The summed E-state index contributed by atoms with van der Waals surface area (Å²) in [5, 5.41) is 9.20. The van der Waals surface area contributed by atoms with E-state index in [4.69, 9.17) is 0 Å². The van der Waals surface area contributed by atoms with E-state index >= 15 is 0 Å². The topological polar surface area (TPSA) is 66.4 Å². The predicted molar refractivity (Wildman–Crippen MR) is 78.6 cm³/mol. The van der Waals surface area contributed by atoms with Crippen molar-refractivity contribution < 1.29 is 17.9 Å². The summed E-state index contributed by atoms with van der Waals surface area (Å²) in [6.07, 6.45) is 4.27. The highest BCUT2D eigenvalue weighted by Crippen LogP contribution is 2.28. The maximum atomic E-state index is 13.3. The molecule has 0 bridgehead atoms. The molecule has 0 aliphatic heterocycles. The highest BCUT2D eigenvalue weighted by atomic mass is 32.2. The fourth-order valence-corrected chi connectivity index (χ4v) is 4.10. The van der Waals surface area contributed by atoms with Gasteiger partial charge in [-0.05, 0) is 42.4 Å². The van der Waals surface area contributed by atoms with E-state index in [-0.39, 0.29) is 10.5 Å². The van der Waals surface area contributed by atoms with Crippen LogP contribution in [-0.4, -0.2) is 20.1 Å². The molecule has 0 aromatic heterocycles. The highest BCUT2D eigenvalue weighted by Gasteiger charge is 2.23. The van der Waals surface area contributed by atoms with Gasteiger partial charge in [0, 0.05) is 6.54 Å². The van der Waals surface area contributed by atoms with Crippen molar-refractivity contribution in [2.24, 2.45) is 11.8 Å². The fraction of sp³-hybridized carbons (Fsp3) is 0.600. The Bertz CT molecular complexity index is 581. The molecule has 1 fully saturated rings. The molecule has 1 saturated carbocycles. The number of nitrogens with one attached hydrogen (secondary N) is 1. The molecule has 2 rings (SSSR count). The van der Waals surface area contributed by atoms with Crippen LogP contribution < -0.4 is 4.72 Å². The van der Waals surface area contributed by atoms with Crippen LogP contribution in [0.5, 0.6) is 0 Å². The van der Waals surface area contributed by atoms with Crippen LogP contribution in [0.25, 0.3) is 0 Å². The van der Waals surface area contributed by atoms with Crippen LogP contribution >= 0.6 is 0 Å². The maximum Gasteiger partial charge on any atom is 0.241 e. The quantitative estimate of drug-likeness (QED) is 0.877. The minimum atomic E-state index is -3.79. The van der Waals surface area contributed by atoms with E-state index in [1.807, 2.05) is 0 Å². The van der Waals surface area contributed by atoms with Crippen molar-refractivity contribution in [3.63, 3.8) is 0 Å². The number of aliphatic hydroxyl groups excluding tert-OH is 1.